The minimum Gasteiger partial charge on any atom is -0.497 e. The second kappa shape index (κ2) is 9.74. The molecule has 0 amide bonds. The number of likely N-dealkylation sites (N-methyl/N-ethyl adjacent to an activating group) is 1. The number of hydrogen-bond donors (Lipinski definition) is 0. The van der Waals surface area contributed by atoms with Crippen LogP contribution in [0.15, 0.2) is 53.6 Å². The van der Waals surface area contributed by atoms with Gasteiger partial charge in [0.2, 0.25) is 0 Å². The molecule has 0 unspecified atom stereocenters. The number of aromatic nitrogens is 1. The number of benzene rings is 2. The molecule has 0 aliphatic carbocycles. The van der Waals surface area contributed by atoms with Crippen molar-refractivity contribution in [2.24, 2.45) is 0 Å². The van der Waals surface area contributed by atoms with Gasteiger partial charge in [0.25, 0.3) is 0 Å². The number of thioether (sulfide) groups is 1. The van der Waals surface area contributed by atoms with Crippen molar-refractivity contribution < 1.29 is 9.53 Å². The largest absolute Gasteiger partial charge is 0.497 e. The normalized spacial score (nSPS) is 13.3. The lowest BCUT2D eigenvalue weighted by Crippen LogP contribution is -2.28. The van der Waals surface area contributed by atoms with Crippen LogP contribution in [0, 0.1) is 11.3 Å². The number of fused-ring (bicyclic) bond motifs is 1. The van der Waals surface area contributed by atoms with E-state index in [-0.39, 0.29) is 11.5 Å². The fourth-order valence-corrected chi connectivity index (χ4v) is 4.84. The van der Waals surface area contributed by atoms with Gasteiger partial charge in [-0.25, -0.2) is 4.98 Å². The first-order valence-electron chi connectivity index (χ1n) is 10.2. The zero-order chi connectivity index (χ0) is 22.7. The Labute approximate surface area is 197 Å². The molecule has 162 valence electrons. The number of ether oxygens (including phenoxy) is 1. The second-order valence-electron chi connectivity index (χ2n) is 7.64. The lowest BCUT2D eigenvalue weighted by molar-refractivity contribution is 0.102. The molecule has 1 aliphatic heterocycles. The number of rotatable bonds is 6. The molecule has 5 nitrogen and oxygen atoms in total. The summed E-state index contributed by atoms with van der Waals surface area (Å²) in [4.78, 5) is 19.8. The smallest absolute Gasteiger partial charge is 0.173 e. The van der Waals surface area contributed by atoms with E-state index in [4.69, 9.17) is 21.3 Å². The van der Waals surface area contributed by atoms with Crippen LogP contribution in [-0.4, -0.2) is 42.1 Å². The summed E-state index contributed by atoms with van der Waals surface area (Å²) in [7, 11) is 3.70. The zero-order valence-corrected chi connectivity index (χ0v) is 19.5. The van der Waals surface area contributed by atoms with Crippen LogP contribution >= 0.6 is 23.4 Å². The van der Waals surface area contributed by atoms with E-state index in [0.717, 1.165) is 47.6 Å². The van der Waals surface area contributed by atoms with Gasteiger partial charge in [-0.2, -0.15) is 5.26 Å². The number of nitriles is 1. The van der Waals surface area contributed by atoms with Crippen molar-refractivity contribution >= 4 is 29.1 Å². The minimum absolute atomic E-state index is 0.0270. The Morgan fingerprint density at radius 1 is 1.22 bits per heavy atom. The first kappa shape index (κ1) is 22.3. The Morgan fingerprint density at radius 2 is 1.94 bits per heavy atom. The van der Waals surface area contributed by atoms with Gasteiger partial charge >= 0.3 is 0 Å². The van der Waals surface area contributed by atoms with Crippen molar-refractivity contribution in [3.63, 3.8) is 0 Å². The standard InChI is InChI=1S/C25H22ClN3O2S/c1-29-12-11-22-21(14-29)24(17-5-9-19(31-2)10-6-17)20(13-27)25(28-22)32-15-23(30)16-3-7-18(26)8-4-16/h3-10H,11-12,14-15H2,1-2H3. The molecule has 0 saturated carbocycles. The molecule has 2 heterocycles. The molecular formula is C25H22ClN3O2S. The average Bonchev–Trinajstić information content (AvgIpc) is 2.82. The van der Waals surface area contributed by atoms with Gasteiger partial charge in [-0.3, -0.25) is 4.79 Å². The number of carbonyl (C=O) groups is 1. The van der Waals surface area contributed by atoms with E-state index >= 15 is 0 Å². The zero-order valence-electron chi connectivity index (χ0n) is 17.9. The first-order valence-corrected chi connectivity index (χ1v) is 11.6. The lowest BCUT2D eigenvalue weighted by atomic mass is 9.92. The summed E-state index contributed by atoms with van der Waals surface area (Å²) in [6, 6.07) is 16.9. The third-order valence-electron chi connectivity index (χ3n) is 5.51. The number of carbonyl (C=O) groups excluding carboxylic acids is 1. The van der Waals surface area contributed by atoms with Gasteiger partial charge in [-0.15, -0.1) is 0 Å². The van der Waals surface area contributed by atoms with Crippen LogP contribution in [0.25, 0.3) is 11.1 Å². The number of nitrogens with zero attached hydrogens (tertiary/aromatic N) is 3. The number of methoxy groups -OCH3 is 1. The van der Waals surface area contributed by atoms with E-state index in [1.54, 1.807) is 31.4 Å². The molecule has 0 atom stereocenters. The van der Waals surface area contributed by atoms with Gasteiger partial charge in [-0.1, -0.05) is 35.5 Å². The van der Waals surface area contributed by atoms with E-state index in [1.165, 1.54) is 11.8 Å². The molecule has 0 spiro atoms. The minimum atomic E-state index is -0.0270. The molecule has 0 saturated heterocycles. The van der Waals surface area contributed by atoms with E-state index in [2.05, 4.69) is 18.0 Å². The van der Waals surface area contributed by atoms with Crippen molar-refractivity contribution in [1.29, 1.82) is 5.26 Å². The van der Waals surface area contributed by atoms with E-state index in [0.29, 0.717) is 21.2 Å². The molecule has 7 heteroatoms. The molecule has 2 aromatic carbocycles. The number of halogens is 1. The summed E-state index contributed by atoms with van der Waals surface area (Å²) < 4.78 is 5.29. The quantitative estimate of drug-likeness (QED) is 0.367. The third kappa shape index (κ3) is 4.66. The highest BCUT2D eigenvalue weighted by atomic mass is 35.5. The van der Waals surface area contributed by atoms with Crippen LogP contribution in [-0.2, 0) is 13.0 Å². The van der Waals surface area contributed by atoms with Crippen molar-refractivity contribution in [3.05, 3.63) is 75.9 Å². The summed E-state index contributed by atoms with van der Waals surface area (Å²) in [6.45, 7) is 1.63. The molecule has 0 fully saturated rings. The van der Waals surface area contributed by atoms with Crippen molar-refractivity contribution in [2.75, 3.05) is 26.5 Å². The van der Waals surface area contributed by atoms with Gasteiger partial charge in [0, 0.05) is 41.4 Å². The van der Waals surface area contributed by atoms with Gasteiger partial charge in [-0.05, 0) is 54.6 Å². The lowest BCUT2D eigenvalue weighted by Gasteiger charge is -2.28. The molecule has 4 rings (SSSR count). The summed E-state index contributed by atoms with van der Waals surface area (Å²) in [5.74, 6) is 0.931. The van der Waals surface area contributed by atoms with Crippen molar-refractivity contribution in [2.45, 2.75) is 18.0 Å². The number of hydrogen-bond acceptors (Lipinski definition) is 6. The highest BCUT2D eigenvalue weighted by molar-refractivity contribution is 8.00. The fourth-order valence-electron chi connectivity index (χ4n) is 3.81. The molecule has 32 heavy (non-hydrogen) atoms. The number of Topliss-reactive ketones (excluding diaryl/α,β-unsaturated/α-hetero) is 1. The summed E-state index contributed by atoms with van der Waals surface area (Å²) in [5.41, 5.74) is 5.02. The Morgan fingerprint density at radius 3 is 2.59 bits per heavy atom. The fraction of sp³-hybridized carbons (Fsp3) is 0.240. The molecule has 0 N–H and O–H groups in total. The third-order valence-corrected chi connectivity index (χ3v) is 6.73. The molecule has 1 aliphatic rings. The second-order valence-corrected chi connectivity index (χ2v) is 9.04. The predicted octanol–water partition coefficient (Wildman–Crippen LogP) is 5.25. The highest BCUT2D eigenvalue weighted by Crippen LogP contribution is 2.37. The number of ketones is 1. The van der Waals surface area contributed by atoms with Crippen molar-refractivity contribution in [1.82, 2.24) is 9.88 Å². The van der Waals surface area contributed by atoms with Crippen LogP contribution in [0.4, 0.5) is 0 Å². The van der Waals surface area contributed by atoms with Crippen LogP contribution in [0.3, 0.4) is 0 Å². The number of pyridine rings is 1. The van der Waals surface area contributed by atoms with E-state index < -0.39 is 0 Å². The van der Waals surface area contributed by atoms with E-state index in [1.807, 2.05) is 24.3 Å². The summed E-state index contributed by atoms with van der Waals surface area (Å²) in [6.07, 6.45) is 0.805. The van der Waals surface area contributed by atoms with Crippen molar-refractivity contribution in [3.8, 4) is 22.9 Å². The van der Waals surface area contributed by atoms with Gasteiger partial charge in [0.1, 0.15) is 16.8 Å². The van der Waals surface area contributed by atoms with Crippen LogP contribution in [0.1, 0.15) is 27.2 Å². The summed E-state index contributed by atoms with van der Waals surface area (Å²) >= 11 is 7.24. The molecule has 1 aromatic heterocycles. The van der Waals surface area contributed by atoms with E-state index in [9.17, 15) is 10.1 Å². The van der Waals surface area contributed by atoms with Gasteiger partial charge < -0.3 is 9.64 Å². The Kier molecular flexibility index (Phi) is 6.80. The average molecular weight is 464 g/mol. The molecule has 3 aromatic rings. The van der Waals surface area contributed by atoms with Crippen LogP contribution in [0.5, 0.6) is 5.75 Å². The maximum atomic E-state index is 12.7. The summed E-state index contributed by atoms with van der Waals surface area (Å²) in [5, 5.41) is 11.3. The Hall–Kier alpha value is -2.85. The molecule has 0 bridgehead atoms. The topological polar surface area (TPSA) is 66.2 Å². The SMILES string of the molecule is COc1ccc(-c2c(C#N)c(SCC(=O)c3ccc(Cl)cc3)nc3c2CN(C)CC3)cc1. The maximum absolute atomic E-state index is 12.7. The maximum Gasteiger partial charge on any atom is 0.173 e. The molecule has 0 radical (unpaired) electrons. The predicted molar refractivity (Wildman–Crippen MR) is 127 cm³/mol. The van der Waals surface area contributed by atoms with Crippen LogP contribution < -0.4 is 4.74 Å². The van der Waals surface area contributed by atoms with Crippen LogP contribution in [0.2, 0.25) is 5.02 Å². The highest BCUT2D eigenvalue weighted by Gasteiger charge is 2.25. The first-order chi connectivity index (χ1) is 15.5. The Bertz CT molecular complexity index is 1190. The Balaban J connectivity index is 1.73. The van der Waals surface area contributed by atoms with Gasteiger partial charge in [0.15, 0.2) is 5.78 Å². The monoisotopic (exact) mass is 463 g/mol. The molecular weight excluding hydrogens is 442 g/mol. The van der Waals surface area contributed by atoms with Gasteiger partial charge in [0.05, 0.1) is 18.4 Å².